The molecule has 2 heterocycles. The highest BCUT2D eigenvalue weighted by Crippen LogP contribution is 2.38. The highest BCUT2D eigenvalue weighted by molar-refractivity contribution is 5.81. The summed E-state index contributed by atoms with van der Waals surface area (Å²) < 4.78 is 0. The molecule has 3 rings (SSSR count). The third-order valence-corrected chi connectivity index (χ3v) is 4.38. The maximum absolute atomic E-state index is 12.1. The molecule has 2 saturated heterocycles. The van der Waals surface area contributed by atoms with Crippen LogP contribution >= 0.6 is 0 Å². The summed E-state index contributed by atoms with van der Waals surface area (Å²) in [6.07, 6.45) is 0.0332. The van der Waals surface area contributed by atoms with E-state index in [1.165, 1.54) is 6.92 Å². The first-order valence-electron chi connectivity index (χ1n) is 6.85. The van der Waals surface area contributed by atoms with Crippen LogP contribution in [0, 0.1) is 0 Å². The molecule has 5 heteroatoms. The van der Waals surface area contributed by atoms with Gasteiger partial charge in [0.15, 0.2) is 0 Å². The van der Waals surface area contributed by atoms with Gasteiger partial charge in [0.1, 0.15) is 5.60 Å². The minimum absolute atomic E-state index is 0.0332. The first-order chi connectivity index (χ1) is 9.52. The number of hydrogen-bond donors (Lipinski definition) is 1. The lowest BCUT2D eigenvalue weighted by Crippen LogP contribution is -2.68. The lowest BCUT2D eigenvalue weighted by Gasteiger charge is -2.52. The van der Waals surface area contributed by atoms with Crippen molar-refractivity contribution < 1.29 is 14.7 Å². The number of amides is 2. The second-order valence-corrected chi connectivity index (χ2v) is 5.54. The molecule has 0 spiro atoms. The Labute approximate surface area is 117 Å². The molecule has 2 aliphatic heterocycles. The number of aliphatic hydroxyl groups is 1. The lowest BCUT2D eigenvalue weighted by molar-refractivity contribution is -0.171. The molecule has 20 heavy (non-hydrogen) atoms. The molecule has 2 bridgehead atoms. The molecular formula is C15H18N2O3. The molecule has 2 amide bonds. The van der Waals surface area contributed by atoms with E-state index < -0.39 is 5.60 Å². The van der Waals surface area contributed by atoms with Crippen LogP contribution < -0.4 is 0 Å². The Morgan fingerprint density at radius 1 is 1.30 bits per heavy atom. The van der Waals surface area contributed by atoms with Crippen molar-refractivity contribution in [2.75, 3.05) is 19.6 Å². The summed E-state index contributed by atoms with van der Waals surface area (Å²) in [5, 5.41) is 11.1. The van der Waals surface area contributed by atoms with Crippen LogP contribution in [0.1, 0.15) is 18.9 Å². The Hall–Kier alpha value is -1.88. The van der Waals surface area contributed by atoms with Crippen molar-refractivity contribution in [2.45, 2.75) is 25.0 Å². The van der Waals surface area contributed by atoms with Crippen molar-refractivity contribution in [1.29, 1.82) is 0 Å². The van der Waals surface area contributed by atoms with Gasteiger partial charge in [0, 0.05) is 26.6 Å². The molecule has 2 atom stereocenters. The number of hydrogen-bond acceptors (Lipinski definition) is 3. The van der Waals surface area contributed by atoms with Crippen molar-refractivity contribution in [3.8, 4) is 0 Å². The zero-order valence-corrected chi connectivity index (χ0v) is 11.5. The second kappa shape index (κ2) is 4.59. The topological polar surface area (TPSA) is 60.9 Å². The van der Waals surface area contributed by atoms with Gasteiger partial charge in [0.05, 0.1) is 12.5 Å². The van der Waals surface area contributed by atoms with Gasteiger partial charge in [-0.05, 0) is 5.56 Å². The predicted molar refractivity (Wildman–Crippen MR) is 72.7 cm³/mol. The van der Waals surface area contributed by atoms with Gasteiger partial charge in [-0.15, -0.1) is 0 Å². The molecule has 1 aromatic carbocycles. The standard InChI is InChI=1S/C15H18N2O3/c1-11(18)17-8-7-16-10-13(17)15(20,9-14(16)19)12-5-3-2-4-6-12/h2-6,13,20H,7-10H2,1H3. The minimum atomic E-state index is -1.29. The predicted octanol–water partition coefficient (Wildman–Crippen LogP) is 0.337. The Morgan fingerprint density at radius 2 is 2.00 bits per heavy atom. The minimum Gasteiger partial charge on any atom is -0.382 e. The number of nitrogens with zero attached hydrogens (tertiary/aromatic N) is 2. The summed E-state index contributed by atoms with van der Waals surface area (Å²) in [4.78, 5) is 27.4. The number of benzene rings is 1. The van der Waals surface area contributed by atoms with E-state index in [1.54, 1.807) is 9.80 Å². The number of piperazine rings is 1. The zero-order valence-electron chi connectivity index (χ0n) is 11.5. The highest BCUT2D eigenvalue weighted by Gasteiger charge is 2.51. The van der Waals surface area contributed by atoms with Crippen LogP contribution in [0.4, 0.5) is 0 Å². The third-order valence-electron chi connectivity index (χ3n) is 4.38. The molecule has 1 aromatic rings. The Bertz CT molecular complexity index is 545. The molecule has 0 radical (unpaired) electrons. The van der Waals surface area contributed by atoms with Crippen molar-refractivity contribution in [3.05, 3.63) is 35.9 Å². The van der Waals surface area contributed by atoms with Crippen LogP contribution in [0.2, 0.25) is 0 Å². The summed E-state index contributed by atoms with van der Waals surface area (Å²) in [5.41, 5.74) is -0.591. The maximum Gasteiger partial charge on any atom is 0.226 e. The van der Waals surface area contributed by atoms with Gasteiger partial charge in [-0.3, -0.25) is 9.59 Å². The Balaban J connectivity index is 2.03. The maximum atomic E-state index is 12.1. The second-order valence-electron chi connectivity index (χ2n) is 5.54. The van der Waals surface area contributed by atoms with Gasteiger partial charge in [-0.1, -0.05) is 30.3 Å². The molecule has 1 N–H and O–H groups in total. The van der Waals surface area contributed by atoms with Crippen LogP contribution in [-0.2, 0) is 15.2 Å². The third kappa shape index (κ3) is 1.89. The van der Waals surface area contributed by atoms with Crippen molar-refractivity contribution in [1.82, 2.24) is 9.80 Å². The van der Waals surface area contributed by atoms with Crippen molar-refractivity contribution in [2.24, 2.45) is 0 Å². The molecule has 2 unspecified atom stereocenters. The number of carbonyl (C=O) groups is 2. The molecule has 0 aliphatic carbocycles. The van der Waals surface area contributed by atoms with Crippen LogP contribution in [-0.4, -0.2) is 52.4 Å². The fourth-order valence-electron chi connectivity index (χ4n) is 3.28. The van der Waals surface area contributed by atoms with Crippen molar-refractivity contribution in [3.63, 3.8) is 0 Å². The van der Waals surface area contributed by atoms with Gasteiger partial charge >= 0.3 is 0 Å². The fourth-order valence-corrected chi connectivity index (χ4v) is 3.28. The molecule has 106 valence electrons. The summed E-state index contributed by atoms with van der Waals surface area (Å²) in [6, 6.07) is 8.81. The summed E-state index contributed by atoms with van der Waals surface area (Å²) in [5.74, 6) is -0.103. The monoisotopic (exact) mass is 274 g/mol. The highest BCUT2D eigenvalue weighted by atomic mass is 16.3. The van der Waals surface area contributed by atoms with Gasteiger partial charge in [-0.25, -0.2) is 0 Å². The first kappa shape index (κ1) is 13.1. The number of fused-ring (bicyclic) bond motifs is 2. The zero-order chi connectivity index (χ0) is 14.3. The Morgan fingerprint density at radius 3 is 2.65 bits per heavy atom. The van der Waals surface area contributed by atoms with E-state index >= 15 is 0 Å². The quantitative estimate of drug-likeness (QED) is 0.803. The van der Waals surface area contributed by atoms with Crippen LogP contribution in [0.3, 0.4) is 0 Å². The summed E-state index contributed by atoms with van der Waals surface area (Å²) in [7, 11) is 0. The van der Waals surface area contributed by atoms with E-state index in [0.29, 0.717) is 25.2 Å². The van der Waals surface area contributed by atoms with E-state index in [9.17, 15) is 14.7 Å². The van der Waals surface area contributed by atoms with E-state index in [4.69, 9.17) is 0 Å². The van der Waals surface area contributed by atoms with Crippen LogP contribution in [0.5, 0.6) is 0 Å². The molecule has 2 fully saturated rings. The molecule has 5 nitrogen and oxygen atoms in total. The average Bonchev–Trinajstić information content (AvgIpc) is 2.46. The van der Waals surface area contributed by atoms with Gasteiger partial charge < -0.3 is 14.9 Å². The molecule has 2 aliphatic rings. The number of carbonyl (C=O) groups excluding carboxylic acids is 2. The number of rotatable bonds is 1. The van der Waals surface area contributed by atoms with Gasteiger partial charge in [-0.2, -0.15) is 0 Å². The van der Waals surface area contributed by atoms with Gasteiger partial charge in [0.2, 0.25) is 11.8 Å². The largest absolute Gasteiger partial charge is 0.382 e. The average molecular weight is 274 g/mol. The Kier molecular flexibility index (Phi) is 3.01. The SMILES string of the molecule is CC(=O)N1CCN2CC1C(O)(c1ccccc1)CC2=O. The van der Waals surface area contributed by atoms with E-state index in [1.807, 2.05) is 30.3 Å². The summed E-state index contributed by atoms with van der Waals surface area (Å²) >= 11 is 0. The lowest BCUT2D eigenvalue weighted by atomic mass is 9.78. The summed E-state index contributed by atoms with van der Waals surface area (Å²) in [6.45, 7) is 2.96. The normalized spacial score (nSPS) is 29.5. The molecular weight excluding hydrogens is 256 g/mol. The van der Waals surface area contributed by atoms with E-state index in [2.05, 4.69) is 0 Å². The number of piperidine rings is 1. The van der Waals surface area contributed by atoms with Crippen LogP contribution in [0.15, 0.2) is 30.3 Å². The van der Waals surface area contributed by atoms with Crippen LogP contribution in [0.25, 0.3) is 0 Å². The fraction of sp³-hybridized carbons (Fsp3) is 0.467. The molecule has 0 saturated carbocycles. The molecule has 0 aromatic heterocycles. The first-order valence-corrected chi connectivity index (χ1v) is 6.85. The smallest absolute Gasteiger partial charge is 0.226 e. The van der Waals surface area contributed by atoms with E-state index in [-0.39, 0.29) is 24.3 Å². The van der Waals surface area contributed by atoms with E-state index in [0.717, 1.165) is 0 Å². The van der Waals surface area contributed by atoms with Crippen molar-refractivity contribution >= 4 is 11.8 Å². The van der Waals surface area contributed by atoms with Gasteiger partial charge in [0.25, 0.3) is 0 Å².